The van der Waals surface area contributed by atoms with Crippen molar-refractivity contribution in [2.24, 2.45) is 0 Å². The number of aliphatic hydroxyl groups is 1. The lowest BCUT2D eigenvalue weighted by Gasteiger charge is -2.14. The van der Waals surface area contributed by atoms with E-state index in [2.05, 4.69) is 15.6 Å². The van der Waals surface area contributed by atoms with Gasteiger partial charge in [0.1, 0.15) is 0 Å². The molecule has 2 aromatic rings. The van der Waals surface area contributed by atoms with Crippen molar-refractivity contribution in [3.63, 3.8) is 0 Å². The predicted octanol–water partition coefficient (Wildman–Crippen LogP) is 2.34. The summed E-state index contributed by atoms with van der Waals surface area (Å²) in [6.07, 6.45) is 1.85. The maximum atomic E-state index is 11.7. The number of thiazole rings is 1. The number of hydrogen-bond acceptors (Lipinski definition) is 4. The quantitative estimate of drug-likeness (QED) is 0.765. The molecule has 2 rings (SSSR count). The molecule has 1 heterocycles. The van der Waals surface area contributed by atoms with Crippen molar-refractivity contribution in [3.05, 3.63) is 51.5 Å². The second-order valence-electron chi connectivity index (χ2n) is 5.12. The molecule has 1 atom stereocenters. The highest BCUT2D eigenvalue weighted by Crippen LogP contribution is 2.16. The number of carbonyl (C=O) groups excluding carboxylic acids is 1. The Hall–Kier alpha value is -1.92. The lowest BCUT2D eigenvalue weighted by atomic mass is 10.0. The molecule has 0 aliphatic rings. The highest BCUT2D eigenvalue weighted by Gasteiger charge is 2.11. The monoisotopic (exact) mass is 319 g/mol. The van der Waals surface area contributed by atoms with Crippen molar-refractivity contribution in [1.82, 2.24) is 15.6 Å². The van der Waals surface area contributed by atoms with Gasteiger partial charge in [-0.05, 0) is 25.0 Å². The SMILES string of the molecule is Cc1cnc(CCNC(=O)NCC(O)c2ccccc2C)s1. The van der Waals surface area contributed by atoms with Crippen LogP contribution in [0.1, 0.15) is 27.1 Å². The number of aryl methyl sites for hydroxylation is 2. The number of hydrogen-bond donors (Lipinski definition) is 3. The van der Waals surface area contributed by atoms with E-state index in [0.29, 0.717) is 13.0 Å². The molecule has 6 heteroatoms. The number of urea groups is 1. The Balaban J connectivity index is 1.70. The van der Waals surface area contributed by atoms with Crippen LogP contribution in [0.5, 0.6) is 0 Å². The van der Waals surface area contributed by atoms with Gasteiger partial charge < -0.3 is 15.7 Å². The zero-order valence-electron chi connectivity index (χ0n) is 12.8. The van der Waals surface area contributed by atoms with Gasteiger partial charge in [0, 0.05) is 30.6 Å². The van der Waals surface area contributed by atoms with Gasteiger partial charge in [-0.15, -0.1) is 11.3 Å². The second kappa shape index (κ2) is 7.91. The van der Waals surface area contributed by atoms with Gasteiger partial charge in [0.05, 0.1) is 11.1 Å². The normalized spacial score (nSPS) is 12.0. The first-order valence-electron chi connectivity index (χ1n) is 7.23. The van der Waals surface area contributed by atoms with Gasteiger partial charge in [-0.3, -0.25) is 0 Å². The Morgan fingerprint density at radius 2 is 2.09 bits per heavy atom. The largest absolute Gasteiger partial charge is 0.387 e. The van der Waals surface area contributed by atoms with E-state index in [9.17, 15) is 9.90 Å². The number of rotatable bonds is 6. The molecule has 0 aliphatic heterocycles. The molecule has 3 N–H and O–H groups in total. The van der Waals surface area contributed by atoms with Gasteiger partial charge in [-0.25, -0.2) is 9.78 Å². The van der Waals surface area contributed by atoms with E-state index in [1.165, 1.54) is 4.88 Å². The molecule has 0 bridgehead atoms. The Morgan fingerprint density at radius 1 is 1.32 bits per heavy atom. The van der Waals surface area contributed by atoms with Crippen LogP contribution in [0.3, 0.4) is 0 Å². The fraction of sp³-hybridized carbons (Fsp3) is 0.375. The van der Waals surface area contributed by atoms with Gasteiger partial charge in [0.25, 0.3) is 0 Å². The molecule has 0 aliphatic carbocycles. The van der Waals surface area contributed by atoms with Crippen molar-refractivity contribution in [2.45, 2.75) is 26.4 Å². The third kappa shape index (κ3) is 4.82. The van der Waals surface area contributed by atoms with Crippen LogP contribution in [-0.2, 0) is 6.42 Å². The number of nitrogens with one attached hydrogen (secondary N) is 2. The van der Waals surface area contributed by atoms with E-state index >= 15 is 0 Å². The molecular weight excluding hydrogens is 298 g/mol. The first-order chi connectivity index (χ1) is 10.6. The van der Waals surface area contributed by atoms with Crippen LogP contribution in [0.4, 0.5) is 4.79 Å². The van der Waals surface area contributed by atoms with Gasteiger partial charge in [0.2, 0.25) is 0 Å². The lowest BCUT2D eigenvalue weighted by molar-refractivity contribution is 0.172. The first kappa shape index (κ1) is 16.5. The van der Waals surface area contributed by atoms with Crippen LogP contribution >= 0.6 is 11.3 Å². The topological polar surface area (TPSA) is 74.2 Å². The third-order valence-electron chi connectivity index (χ3n) is 3.30. The lowest BCUT2D eigenvalue weighted by Crippen LogP contribution is -2.38. The molecule has 22 heavy (non-hydrogen) atoms. The molecular formula is C16H21N3O2S. The Labute approximate surface area is 134 Å². The predicted molar refractivity (Wildman–Crippen MR) is 88.1 cm³/mol. The van der Waals surface area contributed by atoms with Crippen molar-refractivity contribution < 1.29 is 9.90 Å². The Kier molecular flexibility index (Phi) is 5.91. The van der Waals surface area contributed by atoms with Crippen LogP contribution in [0, 0.1) is 13.8 Å². The van der Waals surface area contributed by atoms with E-state index in [1.807, 2.05) is 44.3 Å². The molecule has 1 unspecified atom stereocenters. The summed E-state index contributed by atoms with van der Waals surface area (Å²) in [5, 5.41) is 16.6. The zero-order valence-corrected chi connectivity index (χ0v) is 13.6. The van der Waals surface area contributed by atoms with Crippen molar-refractivity contribution in [1.29, 1.82) is 0 Å². The molecule has 5 nitrogen and oxygen atoms in total. The van der Waals surface area contributed by atoms with Gasteiger partial charge in [0.15, 0.2) is 0 Å². The van der Waals surface area contributed by atoms with Gasteiger partial charge in [-0.1, -0.05) is 24.3 Å². The standard InChI is InChI=1S/C16H21N3O2S/c1-11-5-3-4-6-13(11)14(20)10-19-16(21)17-8-7-15-18-9-12(2)22-15/h3-6,9,14,20H,7-8,10H2,1-2H3,(H2,17,19,21). The van der Waals surface area contributed by atoms with Gasteiger partial charge >= 0.3 is 6.03 Å². The van der Waals surface area contributed by atoms with E-state index < -0.39 is 6.10 Å². The number of carbonyl (C=O) groups is 1. The maximum Gasteiger partial charge on any atom is 0.314 e. The summed E-state index contributed by atoms with van der Waals surface area (Å²) in [5.41, 5.74) is 1.84. The summed E-state index contributed by atoms with van der Waals surface area (Å²) in [4.78, 5) is 17.1. The van der Waals surface area contributed by atoms with Crippen LogP contribution in [0.2, 0.25) is 0 Å². The zero-order chi connectivity index (χ0) is 15.9. The van der Waals surface area contributed by atoms with Crippen LogP contribution in [-0.4, -0.2) is 29.2 Å². The Morgan fingerprint density at radius 3 is 2.77 bits per heavy atom. The fourth-order valence-electron chi connectivity index (χ4n) is 2.12. The van der Waals surface area contributed by atoms with E-state index in [4.69, 9.17) is 0 Å². The minimum Gasteiger partial charge on any atom is -0.387 e. The summed E-state index contributed by atoms with van der Waals surface area (Å²) in [6.45, 7) is 4.66. The minimum absolute atomic E-state index is 0.188. The highest BCUT2D eigenvalue weighted by molar-refractivity contribution is 7.11. The van der Waals surface area contributed by atoms with Crippen molar-refractivity contribution >= 4 is 17.4 Å². The summed E-state index contributed by atoms with van der Waals surface area (Å²) in [7, 11) is 0. The minimum atomic E-state index is -0.700. The van der Waals surface area contributed by atoms with Gasteiger partial charge in [-0.2, -0.15) is 0 Å². The molecule has 0 spiro atoms. The van der Waals surface area contributed by atoms with Crippen LogP contribution in [0.25, 0.3) is 0 Å². The molecule has 1 aromatic heterocycles. The summed E-state index contributed by atoms with van der Waals surface area (Å²) < 4.78 is 0. The Bertz CT molecular complexity index is 627. The fourth-order valence-corrected chi connectivity index (χ4v) is 2.91. The second-order valence-corrected chi connectivity index (χ2v) is 6.44. The molecule has 2 amide bonds. The number of aliphatic hydroxyl groups excluding tert-OH is 1. The first-order valence-corrected chi connectivity index (χ1v) is 8.04. The highest BCUT2D eigenvalue weighted by atomic mass is 32.1. The van der Waals surface area contributed by atoms with Crippen molar-refractivity contribution in [2.75, 3.05) is 13.1 Å². The molecule has 118 valence electrons. The maximum absolute atomic E-state index is 11.7. The van der Waals surface area contributed by atoms with Crippen LogP contribution < -0.4 is 10.6 Å². The molecule has 0 radical (unpaired) electrons. The number of nitrogens with zero attached hydrogens (tertiary/aromatic N) is 1. The number of benzene rings is 1. The van der Waals surface area contributed by atoms with E-state index in [1.54, 1.807) is 11.3 Å². The average Bonchev–Trinajstić information content (AvgIpc) is 2.91. The number of aromatic nitrogens is 1. The summed E-state index contributed by atoms with van der Waals surface area (Å²) in [6, 6.07) is 7.33. The summed E-state index contributed by atoms with van der Waals surface area (Å²) >= 11 is 1.63. The average molecular weight is 319 g/mol. The van der Waals surface area contributed by atoms with Crippen LogP contribution in [0.15, 0.2) is 30.5 Å². The molecule has 1 aromatic carbocycles. The molecule has 0 saturated heterocycles. The third-order valence-corrected chi connectivity index (χ3v) is 4.27. The smallest absolute Gasteiger partial charge is 0.314 e. The van der Waals surface area contributed by atoms with E-state index in [0.717, 1.165) is 16.1 Å². The summed E-state index contributed by atoms with van der Waals surface area (Å²) in [5.74, 6) is 0. The van der Waals surface area contributed by atoms with E-state index in [-0.39, 0.29) is 12.6 Å². The molecule has 0 fully saturated rings. The number of amides is 2. The van der Waals surface area contributed by atoms with Crippen molar-refractivity contribution in [3.8, 4) is 0 Å². The molecule has 0 saturated carbocycles.